The molecule has 6 heteroatoms. The molecule has 0 spiro atoms. The maximum Gasteiger partial charge on any atom is 0.275 e. The molecule has 5 aromatic rings. The summed E-state index contributed by atoms with van der Waals surface area (Å²) in [5.41, 5.74) is 5.53. The molecule has 0 saturated carbocycles. The number of pyridine rings is 1. The number of para-hydroxylation sites is 1. The monoisotopic (exact) mass is 517 g/mol. The summed E-state index contributed by atoms with van der Waals surface area (Å²) < 4.78 is 7.74. The van der Waals surface area contributed by atoms with Crippen molar-refractivity contribution >= 4 is 26.7 Å². The van der Waals surface area contributed by atoms with E-state index in [4.69, 9.17) is 9.84 Å². The van der Waals surface area contributed by atoms with Crippen molar-refractivity contribution in [1.82, 2.24) is 14.8 Å². The molecule has 5 rings (SSSR count). The van der Waals surface area contributed by atoms with Crippen LogP contribution in [0, 0.1) is 6.92 Å². The van der Waals surface area contributed by atoms with Crippen molar-refractivity contribution in [3.05, 3.63) is 142 Å². The Morgan fingerprint density at radius 2 is 1.68 bits per heavy atom. The predicted molar refractivity (Wildman–Crippen MR) is 157 cm³/mol. The van der Waals surface area contributed by atoms with Crippen LogP contribution in [0.15, 0.2) is 108 Å². The predicted octanol–water partition coefficient (Wildman–Crippen LogP) is 5.91. The number of hydrogen-bond acceptors (Lipinski definition) is 4. The van der Waals surface area contributed by atoms with Crippen LogP contribution in [0.3, 0.4) is 0 Å². The number of rotatable bonds is 8. The quantitative estimate of drug-likeness (QED) is 0.240. The van der Waals surface area contributed by atoms with Crippen LogP contribution in [0.5, 0.6) is 5.75 Å². The third kappa shape index (κ3) is 5.96. The van der Waals surface area contributed by atoms with E-state index in [1.807, 2.05) is 110 Å². The second kappa shape index (κ2) is 11.8. The lowest BCUT2D eigenvalue weighted by molar-refractivity contribution is 0.307. The third-order valence-corrected chi connectivity index (χ3v) is 6.51. The molecule has 2 aromatic heterocycles. The third-order valence-electron chi connectivity index (χ3n) is 6.15. The summed E-state index contributed by atoms with van der Waals surface area (Å²) in [6.07, 6.45) is 5.57. The first kappa shape index (κ1) is 25.3. The SMILES string of the molecule is Cc1nn(Cc2ccccn2)c(=O)c(/C=C/c2cccc(P)c2)c1-c1ccccc1OCc1ccccc1. The van der Waals surface area contributed by atoms with Gasteiger partial charge in [-0.05, 0) is 53.7 Å². The molecule has 0 aliphatic rings. The first-order valence-electron chi connectivity index (χ1n) is 12.4. The van der Waals surface area contributed by atoms with E-state index in [0.717, 1.165) is 38.9 Å². The fraction of sp³-hybridized carbons (Fsp3) is 0.0938. The van der Waals surface area contributed by atoms with Gasteiger partial charge in [-0.15, -0.1) is 9.24 Å². The number of nitrogens with zero attached hydrogens (tertiary/aromatic N) is 3. The van der Waals surface area contributed by atoms with E-state index in [1.54, 1.807) is 6.20 Å². The molecule has 3 aromatic carbocycles. The number of benzene rings is 3. The standard InChI is InChI=1S/C32H28N3O2P/c1-23-31(28-15-5-6-16-30(28)37-22-25-10-3-2-4-11-25)29(18-17-24-12-9-14-27(38)20-24)32(36)35(34-23)21-26-13-7-8-19-33-26/h2-20H,21-22,38H2,1H3/b18-17+. The highest BCUT2D eigenvalue weighted by Crippen LogP contribution is 2.34. The summed E-state index contributed by atoms with van der Waals surface area (Å²) in [6, 6.07) is 31.6. The average molecular weight is 518 g/mol. The Kier molecular flexibility index (Phi) is 7.86. The Hall–Kier alpha value is -4.34. The minimum Gasteiger partial charge on any atom is -0.488 e. The summed E-state index contributed by atoms with van der Waals surface area (Å²) in [7, 11) is 2.71. The van der Waals surface area contributed by atoms with Crippen molar-refractivity contribution in [3.63, 3.8) is 0 Å². The normalized spacial score (nSPS) is 11.1. The molecule has 1 unspecified atom stereocenters. The molecular formula is C32H28N3O2P. The molecule has 5 nitrogen and oxygen atoms in total. The molecule has 0 radical (unpaired) electrons. The maximum atomic E-state index is 13.9. The van der Waals surface area contributed by atoms with E-state index in [2.05, 4.69) is 20.3 Å². The summed E-state index contributed by atoms with van der Waals surface area (Å²) in [6.45, 7) is 2.64. The van der Waals surface area contributed by atoms with E-state index in [1.165, 1.54) is 4.68 Å². The molecule has 188 valence electrons. The van der Waals surface area contributed by atoms with Gasteiger partial charge in [-0.25, -0.2) is 4.68 Å². The average Bonchev–Trinajstić information content (AvgIpc) is 2.94. The summed E-state index contributed by atoms with van der Waals surface area (Å²) in [5, 5.41) is 5.78. The van der Waals surface area contributed by atoms with Crippen molar-refractivity contribution in [1.29, 1.82) is 0 Å². The van der Waals surface area contributed by atoms with Gasteiger partial charge >= 0.3 is 0 Å². The summed E-state index contributed by atoms with van der Waals surface area (Å²) in [4.78, 5) is 18.3. The zero-order valence-electron chi connectivity index (χ0n) is 21.1. The molecule has 0 aliphatic carbocycles. The van der Waals surface area contributed by atoms with Gasteiger partial charge in [0.2, 0.25) is 0 Å². The molecule has 0 amide bonds. The lowest BCUT2D eigenvalue weighted by Gasteiger charge is -2.17. The Morgan fingerprint density at radius 1 is 0.895 bits per heavy atom. The van der Waals surface area contributed by atoms with Crippen LogP contribution in [-0.4, -0.2) is 14.8 Å². The highest BCUT2D eigenvalue weighted by molar-refractivity contribution is 7.27. The number of aromatic nitrogens is 3. The van der Waals surface area contributed by atoms with Gasteiger partial charge in [-0.2, -0.15) is 5.10 Å². The summed E-state index contributed by atoms with van der Waals surface area (Å²) >= 11 is 0. The van der Waals surface area contributed by atoms with E-state index in [9.17, 15) is 4.79 Å². The van der Waals surface area contributed by atoms with Gasteiger partial charge in [0.1, 0.15) is 12.4 Å². The second-order valence-electron chi connectivity index (χ2n) is 8.93. The summed E-state index contributed by atoms with van der Waals surface area (Å²) in [5.74, 6) is 0.699. The molecule has 1 atom stereocenters. The minimum atomic E-state index is -0.188. The van der Waals surface area contributed by atoms with Crippen molar-refractivity contribution < 1.29 is 4.74 Å². The van der Waals surface area contributed by atoms with Crippen LogP contribution in [-0.2, 0) is 13.2 Å². The van der Waals surface area contributed by atoms with Crippen molar-refractivity contribution in [2.45, 2.75) is 20.1 Å². The Balaban J connectivity index is 1.61. The lowest BCUT2D eigenvalue weighted by Crippen LogP contribution is -2.27. The van der Waals surface area contributed by atoms with Crippen molar-refractivity contribution in [3.8, 4) is 16.9 Å². The number of ether oxygens (including phenoxy) is 1. The van der Waals surface area contributed by atoms with Gasteiger partial charge in [0.05, 0.1) is 23.5 Å². The topological polar surface area (TPSA) is 57.0 Å². The fourth-order valence-electron chi connectivity index (χ4n) is 4.34. The lowest BCUT2D eigenvalue weighted by atomic mass is 9.97. The number of aryl methyl sites for hydroxylation is 1. The van der Waals surface area contributed by atoms with Crippen LogP contribution in [0.1, 0.15) is 28.1 Å². The van der Waals surface area contributed by atoms with Gasteiger partial charge in [-0.3, -0.25) is 9.78 Å². The van der Waals surface area contributed by atoms with Gasteiger partial charge in [-0.1, -0.05) is 78.9 Å². The highest BCUT2D eigenvalue weighted by atomic mass is 31.0. The maximum absolute atomic E-state index is 13.9. The van der Waals surface area contributed by atoms with Gasteiger partial charge < -0.3 is 4.74 Å². The highest BCUT2D eigenvalue weighted by Gasteiger charge is 2.19. The first-order valence-corrected chi connectivity index (χ1v) is 13.0. The Morgan fingerprint density at radius 3 is 2.47 bits per heavy atom. The second-order valence-corrected chi connectivity index (χ2v) is 9.60. The zero-order chi connectivity index (χ0) is 26.3. The minimum absolute atomic E-state index is 0.188. The molecule has 2 heterocycles. The van der Waals surface area contributed by atoms with Crippen LogP contribution in [0.25, 0.3) is 23.3 Å². The van der Waals surface area contributed by atoms with Crippen molar-refractivity contribution in [2.75, 3.05) is 0 Å². The Labute approximate surface area is 224 Å². The molecule has 0 saturated heterocycles. The van der Waals surface area contributed by atoms with E-state index >= 15 is 0 Å². The molecular weight excluding hydrogens is 489 g/mol. The molecule has 0 bridgehead atoms. The molecule has 0 fully saturated rings. The van der Waals surface area contributed by atoms with E-state index in [0.29, 0.717) is 17.9 Å². The largest absolute Gasteiger partial charge is 0.488 e. The van der Waals surface area contributed by atoms with Gasteiger partial charge in [0, 0.05) is 17.3 Å². The van der Waals surface area contributed by atoms with Crippen LogP contribution < -0.4 is 15.6 Å². The van der Waals surface area contributed by atoms with Gasteiger partial charge in [0.15, 0.2) is 0 Å². The zero-order valence-corrected chi connectivity index (χ0v) is 22.3. The fourth-order valence-corrected chi connectivity index (χ4v) is 4.64. The van der Waals surface area contributed by atoms with E-state index < -0.39 is 0 Å². The van der Waals surface area contributed by atoms with Gasteiger partial charge in [0.25, 0.3) is 5.56 Å². The first-order chi connectivity index (χ1) is 18.6. The van der Waals surface area contributed by atoms with Crippen LogP contribution in [0.4, 0.5) is 0 Å². The number of hydrogen-bond donors (Lipinski definition) is 0. The molecule has 0 N–H and O–H groups in total. The smallest absolute Gasteiger partial charge is 0.275 e. The Bertz CT molecular complexity index is 1630. The van der Waals surface area contributed by atoms with Crippen molar-refractivity contribution in [2.24, 2.45) is 0 Å². The van der Waals surface area contributed by atoms with Crippen LogP contribution >= 0.6 is 9.24 Å². The van der Waals surface area contributed by atoms with Crippen LogP contribution in [0.2, 0.25) is 0 Å². The van der Waals surface area contributed by atoms with E-state index in [-0.39, 0.29) is 12.1 Å². The molecule has 0 aliphatic heterocycles. The molecule has 38 heavy (non-hydrogen) atoms.